The van der Waals surface area contributed by atoms with Gasteiger partial charge in [0.15, 0.2) is 17.0 Å². The number of hydrogen-bond donors (Lipinski definition) is 1. The molecule has 2 aromatic heterocycles. The number of hydrogen-bond acceptors (Lipinski definition) is 7. The predicted octanol–water partition coefficient (Wildman–Crippen LogP) is 2.06. The van der Waals surface area contributed by atoms with E-state index in [1.54, 1.807) is 12.7 Å². The number of benzene rings is 1. The Labute approximate surface area is 170 Å². The summed E-state index contributed by atoms with van der Waals surface area (Å²) in [7, 11) is 0. The molecule has 4 rings (SSSR count). The zero-order valence-corrected chi connectivity index (χ0v) is 17.0. The van der Waals surface area contributed by atoms with Crippen LogP contribution in [0.1, 0.15) is 25.6 Å². The number of aliphatic hydroxyl groups excluding tert-OH is 1. The van der Waals surface area contributed by atoms with Crippen LogP contribution in [0.15, 0.2) is 43.0 Å². The fraction of sp³-hybridized carbons (Fsp3) is 0.476. The Balaban J connectivity index is 1.62. The minimum atomic E-state index is -0.269. The molecule has 1 aliphatic rings. The Hall–Kier alpha value is -2.55. The van der Waals surface area contributed by atoms with Gasteiger partial charge in [-0.1, -0.05) is 30.3 Å². The summed E-state index contributed by atoms with van der Waals surface area (Å²) in [5, 5.41) is 9.78. The van der Waals surface area contributed by atoms with Crippen molar-refractivity contribution in [1.29, 1.82) is 0 Å². The number of aliphatic hydroxyl groups is 1. The molecule has 2 atom stereocenters. The van der Waals surface area contributed by atoms with Crippen molar-refractivity contribution in [3.8, 4) is 0 Å². The van der Waals surface area contributed by atoms with Crippen LogP contribution < -0.4 is 4.90 Å². The maximum absolute atomic E-state index is 9.78. The van der Waals surface area contributed by atoms with E-state index in [9.17, 15) is 5.11 Å². The summed E-state index contributed by atoms with van der Waals surface area (Å²) in [6.45, 7) is 8.09. The molecule has 0 aliphatic carbocycles. The normalized spacial score (nSPS) is 20.2. The van der Waals surface area contributed by atoms with E-state index in [1.807, 2.05) is 22.8 Å². The van der Waals surface area contributed by atoms with Crippen LogP contribution in [-0.2, 0) is 11.3 Å². The first-order chi connectivity index (χ1) is 14.2. The molecule has 1 saturated heterocycles. The van der Waals surface area contributed by atoms with Gasteiger partial charge in [-0.3, -0.25) is 9.47 Å². The second-order valence-electron chi connectivity index (χ2n) is 7.27. The fourth-order valence-corrected chi connectivity index (χ4v) is 3.92. The SMILES string of the molecule is CCN(CC)c1ncnc2c1ncn2[C@H]1CN(Cc2ccccc2)C[C@@H](CO)O1. The number of rotatable bonds is 7. The minimum Gasteiger partial charge on any atom is -0.394 e. The first-order valence-corrected chi connectivity index (χ1v) is 10.2. The van der Waals surface area contributed by atoms with Crippen molar-refractivity contribution in [2.75, 3.05) is 37.7 Å². The molecule has 0 spiro atoms. The van der Waals surface area contributed by atoms with Crippen molar-refractivity contribution >= 4 is 17.0 Å². The second kappa shape index (κ2) is 8.86. The van der Waals surface area contributed by atoms with Gasteiger partial charge in [-0.15, -0.1) is 0 Å². The number of anilines is 1. The quantitative estimate of drug-likeness (QED) is 0.655. The summed E-state index contributed by atoms with van der Waals surface area (Å²) in [6.07, 6.45) is 2.84. The Morgan fingerprint density at radius 3 is 2.62 bits per heavy atom. The van der Waals surface area contributed by atoms with Gasteiger partial charge in [0, 0.05) is 32.7 Å². The lowest BCUT2D eigenvalue weighted by molar-refractivity contribution is -0.135. The van der Waals surface area contributed by atoms with E-state index in [1.165, 1.54) is 5.56 Å². The van der Waals surface area contributed by atoms with E-state index < -0.39 is 0 Å². The van der Waals surface area contributed by atoms with E-state index in [0.717, 1.165) is 36.6 Å². The predicted molar refractivity (Wildman–Crippen MR) is 112 cm³/mol. The van der Waals surface area contributed by atoms with Crippen LogP contribution in [0.5, 0.6) is 0 Å². The molecule has 1 fully saturated rings. The number of nitrogens with zero attached hydrogens (tertiary/aromatic N) is 6. The lowest BCUT2D eigenvalue weighted by Crippen LogP contribution is -2.46. The van der Waals surface area contributed by atoms with Crippen molar-refractivity contribution in [3.63, 3.8) is 0 Å². The lowest BCUT2D eigenvalue weighted by atomic mass is 10.2. The Morgan fingerprint density at radius 1 is 1.10 bits per heavy atom. The highest BCUT2D eigenvalue weighted by molar-refractivity contribution is 5.83. The third kappa shape index (κ3) is 4.10. The van der Waals surface area contributed by atoms with Gasteiger partial charge in [-0.05, 0) is 19.4 Å². The first kappa shape index (κ1) is 19.8. The average molecular weight is 396 g/mol. The molecular weight excluding hydrogens is 368 g/mol. The number of morpholine rings is 1. The molecule has 0 bridgehead atoms. The van der Waals surface area contributed by atoms with Gasteiger partial charge < -0.3 is 14.7 Å². The van der Waals surface area contributed by atoms with Gasteiger partial charge in [0.25, 0.3) is 0 Å². The van der Waals surface area contributed by atoms with Gasteiger partial charge in [0.2, 0.25) is 0 Å². The van der Waals surface area contributed by atoms with Crippen LogP contribution >= 0.6 is 0 Å². The maximum atomic E-state index is 9.78. The molecule has 0 saturated carbocycles. The third-order valence-electron chi connectivity index (χ3n) is 5.39. The minimum absolute atomic E-state index is 0.0197. The zero-order valence-electron chi connectivity index (χ0n) is 17.0. The average Bonchev–Trinajstić information content (AvgIpc) is 3.20. The fourth-order valence-electron chi connectivity index (χ4n) is 3.92. The number of ether oxygens (including phenoxy) is 1. The third-order valence-corrected chi connectivity index (χ3v) is 5.39. The van der Waals surface area contributed by atoms with E-state index >= 15 is 0 Å². The summed E-state index contributed by atoms with van der Waals surface area (Å²) < 4.78 is 8.13. The van der Waals surface area contributed by atoms with Gasteiger partial charge in [0.05, 0.1) is 19.0 Å². The van der Waals surface area contributed by atoms with Crippen molar-refractivity contribution < 1.29 is 9.84 Å². The smallest absolute Gasteiger partial charge is 0.167 e. The summed E-state index contributed by atoms with van der Waals surface area (Å²) in [6, 6.07) is 10.4. The van der Waals surface area contributed by atoms with Crippen molar-refractivity contribution in [2.24, 2.45) is 0 Å². The Bertz CT molecular complexity index is 927. The molecule has 154 valence electrons. The van der Waals surface area contributed by atoms with Crippen LogP contribution in [0.4, 0.5) is 5.82 Å². The summed E-state index contributed by atoms with van der Waals surface area (Å²) in [4.78, 5) is 18.0. The molecule has 3 aromatic rings. The van der Waals surface area contributed by atoms with Crippen molar-refractivity contribution in [2.45, 2.75) is 32.7 Å². The summed E-state index contributed by atoms with van der Waals surface area (Å²) >= 11 is 0. The number of fused-ring (bicyclic) bond motifs is 1. The standard InChI is InChI=1S/C21H28N6O2/c1-3-26(4-2)20-19-21(23-14-22-20)27(15-24-19)18-12-25(11-17(13-28)29-18)10-16-8-6-5-7-9-16/h5-9,14-15,17-18,28H,3-4,10-13H2,1-2H3/t17-,18+/m0/s1. The van der Waals surface area contributed by atoms with E-state index in [0.29, 0.717) is 13.1 Å². The highest BCUT2D eigenvalue weighted by Gasteiger charge is 2.30. The Morgan fingerprint density at radius 2 is 1.90 bits per heavy atom. The Kier molecular flexibility index (Phi) is 6.03. The maximum Gasteiger partial charge on any atom is 0.167 e. The van der Waals surface area contributed by atoms with Crippen LogP contribution in [0.25, 0.3) is 11.2 Å². The van der Waals surface area contributed by atoms with Crippen LogP contribution in [0.2, 0.25) is 0 Å². The molecule has 1 aliphatic heterocycles. The van der Waals surface area contributed by atoms with Crippen molar-refractivity contribution in [1.82, 2.24) is 24.4 Å². The molecule has 1 aromatic carbocycles. The first-order valence-electron chi connectivity index (χ1n) is 10.2. The largest absolute Gasteiger partial charge is 0.394 e. The molecule has 8 heteroatoms. The number of imidazole rings is 1. The van der Waals surface area contributed by atoms with Gasteiger partial charge in [-0.25, -0.2) is 15.0 Å². The van der Waals surface area contributed by atoms with Gasteiger partial charge in [-0.2, -0.15) is 0 Å². The zero-order chi connectivity index (χ0) is 20.2. The van der Waals surface area contributed by atoms with Crippen LogP contribution in [0, 0.1) is 0 Å². The topological polar surface area (TPSA) is 79.5 Å². The molecular formula is C21H28N6O2. The van der Waals surface area contributed by atoms with E-state index in [4.69, 9.17) is 4.74 Å². The van der Waals surface area contributed by atoms with Crippen LogP contribution in [-0.4, -0.2) is 68.4 Å². The number of aromatic nitrogens is 4. The second-order valence-corrected chi connectivity index (χ2v) is 7.27. The van der Waals surface area contributed by atoms with Crippen LogP contribution in [0.3, 0.4) is 0 Å². The van der Waals surface area contributed by atoms with E-state index in [-0.39, 0.29) is 18.9 Å². The van der Waals surface area contributed by atoms with Gasteiger partial charge in [0.1, 0.15) is 12.6 Å². The lowest BCUT2D eigenvalue weighted by Gasteiger charge is -2.38. The molecule has 0 unspecified atom stereocenters. The molecule has 3 heterocycles. The molecule has 0 radical (unpaired) electrons. The van der Waals surface area contributed by atoms with E-state index in [2.05, 4.69) is 50.7 Å². The molecule has 29 heavy (non-hydrogen) atoms. The summed E-state index contributed by atoms with van der Waals surface area (Å²) in [5.41, 5.74) is 2.78. The summed E-state index contributed by atoms with van der Waals surface area (Å²) in [5.74, 6) is 0.842. The molecule has 8 nitrogen and oxygen atoms in total. The van der Waals surface area contributed by atoms with Gasteiger partial charge >= 0.3 is 0 Å². The monoisotopic (exact) mass is 396 g/mol. The molecule has 1 N–H and O–H groups in total. The molecule has 0 amide bonds. The highest BCUT2D eigenvalue weighted by atomic mass is 16.5. The van der Waals surface area contributed by atoms with Crippen molar-refractivity contribution in [3.05, 3.63) is 48.5 Å². The highest BCUT2D eigenvalue weighted by Crippen LogP contribution is 2.27.